The Morgan fingerprint density at radius 2 is 2.00 bits per heavy atom. The molecule has 0 heterocycles. The molecule has 1 fully saturated rings. The van der Waals surface area contributed by atoms with Crippen LogP contribution in [0.15, 0.2) is 22.7 Å². The molecule has 19 heavy (non-hydrogen) atoms. The lowest BCUT2D eigenvalue weighted by molar-refractivity contribution is 0.0543. The van der Waals surface area contributed by atoms with Crippen molar-refractivity contribution in [3.63, 3.8) is 0 Å². The van der Waals surface area contributed by atoms with Crippen LogP contribution in [0.1, 0.15) is 44.8 Å². The lowest BCUT2D eigenvalue weighted by atomic mass is 9.73. The lowest BCUT2D eigenvalue weighted by Gasteiger charge is -2.35. The fourth-order valence-corrected chi connectivity index (χ4v) is 3.45. The van der Waals surface area contributed by atoms with Crippen LogP contribution < -0.4 is 4.74 Å². The third kappa shape index (κ3) is 3.32. The number of halogens is 1. The number of benzene rings is 1. The van der Waals surface area contributed by atoms with Gasteiger partial charge in [-0.15, -0.1) is 0 Å². The Balaban J connectivity index is 2.19. The van der Waals surface area contributed by atoms with Crippen molar-refractivity contribution < 1.29 is 9.84 Å². The molecule has 1 saturated carbocycles. The van der Waals surface area contributed by atoms with E-state index in [1.54, 1.807) is 7.11 Å². The summed E-state index contributed by atoms with van der Waals surface area (Å²) in [6, 6.07) is 5.84. The lowest BCUT2D eigenvalue weighted by Crippen LogP contribution is -2.25. The molecule has 106 valence electrons. The minimum atomic E-state index is -0.428. The molecule has 1 N–H and O–H groups in total. The van der Waals surface area contributed by atoms with Crippen LogP contribution in [0, 0.1) is 17.8 Å². The number of aliphatic hydroxyl groups excluding tert-OH is 1. The summed E-state index contributed by atoms with van der Waals surface area (Å²) >= 11 is 3.47. The van der Waals surface area contributed by atoms with Crippen molar-refractivity contribution in [2.75, 3.05) is 7.11 Å². The second-order valence-electron chi connectivity index (χ2n) is 5.86. The van der Waals surface area contributed by atoms with Gasteiger partial charge < -0.3 is 9.84 Å². The highest BCUT2D eigenvalue weighted by Gasteiger charge is 2.31. The summed E-state index contributed by atoms with van der Waals surface area (Å²) in [6.45, 7) is 4.61. The van der Waals surface area contributed by atoms with Crippen molar-refractivity contribution >= 4 is 15.9 Å². The van der Waals surface area contributed by atoms with E-state index in [4.69, 9.17) is 4.74 Å². The Morgan fingerprint density at radius 1 is 1.26 bits per heavy atom. The Morgan fingerprint density at radius 3 is 2.63 bits per heavy atom. The standard InChI is InChI=1S/C16H23BrO2/c1-10-4-5-12(8-11(10)2)16(18)14-9-13(17)6-7-15(14)19-3/h6-7,9-12,16,18H,4-5,8H2,1-3H3. The molecular weight excluding hydrogens is 304 g/mol. The Bertz CT molecular complexity index is 433. The third-order valence-corrected chi connectivity index (χ3v) is 5.09. The van der Waals surface area contributed by atoms with E-state index in [1.165, 1.54) is 6.42 Å². The van der Waals surface area contributed by atoms with Crippen molar-refractivity contribution in [2.45, 2.75) is 39.2 Å². The van der Waals surface area contributed by atoms with Gasteiger partial charge in [0.1, 0.15) is 5.75 Å². The van der Waals surface area contributed by atoms with E-state index >= 15 is 0 Å². The summed E-state index contributed by atoms with van der Waals surface area (Å²) in [5.74, 6) is 2.58. The highest BCUT2D eigenvalue weighted by Crippen LogP contribution is 2.42. The zero-order chi connectivity index (χ0) is 14.0. The molecule has 1 aliphatic rings. The van der Waals surface area contributed by atoms with E-state index in [0.717, 1.165) is 34.5 Å². The zero-order valence-electron chi connectivity index (χ0n) is 11.9. The molecule has 1 aromatic carbocycles. The van der Waals surface area contributed by atoms with E-state index in [2.05, 4.69) is 29.8 Å². The number of hydrogen-bond acceptors (Lipinski definition) is 2. The summed E-state index contributed by atoms with van der Waals surface area (Å²) in [5.41, 5.74) is 0.906. The van der Waals surface area contributed by atoms with Gasteiger partial charge in [0.25, 0.3) is 0 Å². The molecule has 0 aliphatic heterocycles. The van der Waals surface area contributed by atoms with Crippen LogP contribution in [0.5, 0.6) is 5.75 Å². The molecule has 0 saturated heterocycles. The van der Waals surface area contributed by atoms with E-state index in [9.17, 15) is 5.11 Å². The van der Waals surface area contributed by atoms with Crippen LogP contribution in [-0.2, 0) is 0 Å². The molecule has 0 aromatic heterocycles. The van der Waals surface area contributed by atoms with Gasteiger partial charge in [-0.2, -0.15) is 0 Å². The van der Waals surface area contributed by atoms with E-state index < -0.39 is 6.10 Å². The molecule has 4 unspecified atom stereocenters. The highest BCUT2D eigenvalue weighted by molar-refractivity contribution is 9.10. The van der Waals surface area contributed by atoms with Gasteiger partial charge in [-0.1, -0.05) is 36.2 Å². The fourth-order valence-electron chi connectivity index (χ4n) is 3.07. The second-order valence-corrected chi connectivity index (χ2v) is 6.77. The van der Waals surface area contributed by atoms with Gasteiger partial charge in [-0.3, -0.25) is 0 Å². The predicted molar refractivity (Wildman–Crippen MR) is 81.3 cm³/mol. The average Bonchev–Trinajstić information content (AvgIpc) is 2.41. The van der Waals surface area contributed by atoms with Gasteiger partial charge in [0.05, 0.1) is 13.2 Å². The van der Waals surface area contributed by atoms with Crippen molar-refractivity contribution in [3.8, 4) is 5.75 Å². The molecule has 0 spiro atoms. The summed E-state index contributed by atoms with van der Waals surface area (Å²) in [5, 5.41) is 10.7. The van der Waals surface area contributed by atoms with Crippen molar-refractivity contribution in [1.82, 2.24) is 0 Å². The first kappa shape index (κ1) is 14.9. The maximum Gasteiger partial charge on any atom is 0.124 e. The smallest absolute Gasteiger partial charge is 0.124 e. The number of aliphatic hydroxyl groups is 1. The topological polar surface area (TPSA) is 29.5 Å². The Kier molecular flexibility index (Phi) is 4.91. The van der Waals surface area contributed by atoms with Crippen molar-refractivity contribution in [3.05, 3.63) is 28.2 Å². The van der Waals surface area contributed by atoms with Crippen molar-refractivity contribution in [2.24, 2.45) is 17.8 Å². The van der Waals surface area contributed by atoms with Gasteiger partial charge in [-0.25, -0.2) is 0 Å². The molecule has 2 rings (SSSR count). The largest absolute Gasteiger partial charge is 0.496 e. The van der Waals surface area contributed by atoms with Crippen molar-refractivity contribution in [1.29, 1.82) is 0 Å². The number of ether oxygens (including phenoxy) is 1. The van der Waals surface area contributed by atoms with Crippen LogP contribution in [0.4, 0.5) is 0 Å². The van der Waals surface area contributed by atoms with Gasteiger partial charge in [0.2, 0.25) is 0 Å². The van der Waals surface area contributed by atoms with E-state index in [0.29, 0.717) is 11.8 Å². The molecule has 0 radical (unpaired) electrons. The maximum atomic E-state index is 10.7. The minimum Gasteiger partial charge on any atom is -0.496 e. The minimum absolute atomic E-state index is 0.342. The first-order valence-corrected chi connectivity index (χ1v) is 7.83. The van der Waals surface area contributed by atoms with E-state index in [-0.39, 0.29) is 0 Å². The second kappa shape index (κ2) is 6.27. The monoisotopic (exact) mass is 326 g/mol. The van der Waals surface area contributed by atoms with Crippen LogP contribution >= 0.6 is 15.9 Å². The summed E-state index contributed by atoms with van der Waals surface area (Å²) in [6.07, 6.45) is 2.97. The summed E-state index contributed by atoms with van der Waals surface area (Å²) in [7, 11) is 1.66. The van der Waals surface area contributed by atoms with Crippen LogP contribution in [-0.4, -0.2) is 12.2 Å². The molecule has 0 amide bonds. The maximum absolute atomic E-state index is 10.7. The Labute approximate surface area is 124 Å². The first-order valence-electron chi connectivity index (χ1n) is 7.04. The SMILES string of the molecule is COc1ccc(Br)cc1C(O)C1CCC(C)C(C)C1. The van der Waals surface area contributed by atoms with Crippen LogP contribution in [0.2, 0.25) is 0 Å². The number of hydrogen-bond donors (Lipinski definition) is 1. The summed E-state index contributed by atoms with van der Waals surface area (Å²) < 4.78 is 6.37. The van der Waals surface area contributed by atoms with Gasteiger partial charge in [0, 0.05) is 10.0 Å². The van der Waals surface area contributed by atoms with Crippen LogP contribution in [0.3, 0.4) is 0 Å². The highest BCUT2D eigenvalue weighted by atomic mass is 79.9. The molecule has 2 nitrogen and oxygen atoms in total. The molecule has 3 heteroatoms. The van der Waals surface area contributed by atoms with Crippen LogP contribution in [0.25, 0.3) is 0 Å². The predicted octanol–water partition coefficient (Wildman–Crippen LogP) is 4.56. The zero-order valence-corrected chi connectivity index (χ0v) is 13.5. The Hall–Kier alpha value is -0.540. The average molecular weight is 327 g/mol. The van der Waals surface area contributed by atoms with Gasteiger partial charge in [0.15, 0.2) is 0 Å². The molecule has 1 aliphatic carbocycles. The third-order valence-electron chi connectivity index (χ3n) is 4.60. The van der Waals surface area contributed by atoms with Gasteiger partial charge in [-0.05, 0) is 48.8 Å². The normalized spacial score (nSPS) is 29.0. The first-order chi connectivity index (χ1) is 9.02. The molecular formula is C16H23BrO2. The molecule has 4 atom stereocenters. The quantitative estimate of drug-likeness (QED) is 0.882. The van der Waals surface area contributed by atoms with Gasteiger partial charge >= 0.3 is 0 Å². The number of rotatable bonds is 3. The summed E-state index contributed by atoms with van der Waals surface area (Å²) in [4.78, 5) is 0. The molecule has 1 aromatic rings. The van der Waals surface area contributed by atoms with E-state index in [1.807, 2.05) is 18.2 Å². The fraction of sp³-hybridized carbons (Fsp3) is 0.625. The number of methoxy groups -OCH3 is 1. The molecule has 0 bridgehead atoms.